The van der Waals surface area contributed by atoms with Gasteiger partial charge in [-0.2, -0.15) is 0 Å². The molecule has 2 aromatic rings. The van der Waals surface area contributed by atoms with Gasteiger partial charge in [-0.25, -0.2) is 0 Å². The van der Waals surface area contributed by atoms with Crippen molar-refractivity contribution in [3.63, 3.8) is 0 Å². The van der Waals surface area contributed by atoms with Gasteiger partial charge in [-0.05, 0) is 69.2 Å². The van der Waals surface area contributed by atoms with Crippen molar-refractivity contribution in [2.45, 2.75) is 66.2 Å². The molecule has 0 bridgehead atoms. The summed E-state index contributed by atoms with van der Waals surface area (Å²) in [4.78, 5) is 4.97. The molecule has 3 rings (SSSR count). The minimum Gasteiger partial charge on any atom is -0.507 e. The molecule has 0 spiro atoms. The topological polar surface area (TPSA) is 46.9 Å². The molecule has 2 N–H and O–H groups in total. The first-order valence-electron chi connectivity index (χ1n) is 12.0. The molecule has 0 saturated carbocycles. The van der Waals surface area contributed by atoms with E-state index in [4.69, 9.17) is 0 Å². The average molecular weight is 437 g/mol. The molecule has 1 aliphatic rings. The van der Waals surface area contributed by atoms with Crippen molar-refractivity contribution in [2.75, 3.05) is 26.2 Å². The van der Waals surface area contributed by atoms with Crippen LogP contribution in [0.5, 0.6) is 5.75 Å². The number of likely N-dealkylation sites (tertiary alicyclic amines) is 1. The van der Waals surface area contributed by atoms with E-state index in [1.807, 2.05) is 63.2 Å². The van der Waals surface area contributed by atoms with Crippen molar-refractivity contribution >= 4 is 0 Å². The molecular weight excluding hydrogens is 396 g/mol. The Morgan fingerprint density at radius 1 is 1.06 bits per heavy atom. The van der Waals surface area contributed by atoms with Gasteiger partial charge in [-0.1, -0.05) is 69.9 Å². The molecule has 0 amide bonds. The molecule has 0 radical (unpaired) electrons. The fourth-order valence-corrected chi connectivity index (χ4v) is 4.34. The van der Waals surface area contributed by atoms with Crippen molar-refractivity contribution in [3.8, 4) is 17.6 Å². The SMILES string of the molecule is CC.CCN(CC)C1CCN(Cc2cc(C#CC(O)c3ccccc3)cc(C)c2O)CC1. The monoisotopic (exact) mass is 436 g/mol. The molecule has 1 heterocycles. The summed E-state index contributed by atoms with van der Waals surface area (Å²) < 4.78 is 0. The van der Waals surface area contributed by atoms with Gasteiger partial charge in [0, 0.05) is 23.7 Å². The van der Waals surface area contributed by atoms with Crippen LogP contribution in [0, 0.1) is 18.8 Å². The summed E-state index contributed by atoms with van der Waals surface area (Å²) in [7, 11) is 0. The average Bonchev–Trinajstić information content (AvgIpc) is 2.84. The summed E-state index contributed by atoms with van der Waals surface area (Å²) in [6.45, 7) is 15.4. The van der Waals surface area contributed by atoms with Crippen molar-refractivity contribution in [3.05, 3.63) is 64.7 Å². The fourth-order valence-electron chi connectivity index (χ4n) is 4.34. The molecule has 0 aliphatic carbocycles. The quantitative estimate of drug-likeness (QED) is 0.617. The second-order valence-corrected chi connectivity index (χ2v) is 8.11. The van der Waals surface area contributed by atoms with Crippen LogP contribution in [0.2, 0.25) is 0 Å². The van der Waals surface area contributed by atoms with Crippen molar-refractivity contribution in [1.82, 2.24) is 9.80 Å². The number of rotatable bonds is 6. The lowest BCUT2D eigenvalue weighted by Gasteiger charge is -2.37. The largest absolute Gasteiger partial charge is 0.507 e. The Kier molecular flexibility index (Phi) is 10.8. The van der Waals surface area contributed by atoms with Gasteiger partial charge in [0.1, 0.15) is 11.9 Å². The molecule has 1 saturated heterocycles. The maximum atomic E-state index is 10.6. The lowest BCUT2D eigenvalue weighted by molar-refractivity contribution is 0.112. The molecule has 1 fully saturated rings. The molecule has 4 heteroatoms. The Balaban J connectivity index is 0.00000176. The Morgan fingerprint density at radius 2 is 1.69 bits per heavy atom. The second-order valence-electron chi connectivity index (χ2n) is 8.11. The number of nitrogens with zero attached hydrogens (tertiary/aromatic N) is 2. The first-order chi connectivity index (χ1) is 15.5. The summed E-state index contributed by atoms with van der Waals surface area (Å²) in [5, 5.41) is 20.9. The van der Waals surface area contributed by atoms with Gasteiger partial charge in [0.05, 0.1) is 0 Å². The molecule has 4 nitrogen and oxygen atoms in total. The van der Waals surface area contributed by atoms with Gasteiger partial charge in [-0.15, -0.1) is 0 Å². The number of aliphatic hydroxyl groups excluding tert-OH is 1. The molecule has 1 aliphatic heterocycles. The third kappa shape index (κ3) is 7.10. The fraction of sp³-hybridized carbons (Fsp3) is 0.500. The van der Waals surface area contributed by atoms with E-state index in [0.29, 0.717) is 11.8 Å². The zero-order valence-corrected chi connectivity index (χ0v) is 20.4. The maximum Gasteiger partial charge on any atom is 0.140 e. The maximum absolute atomic E-state index is 10.6. The van der Waals surface area contributed by atoms with Crippen LogP contribution in [0.4, 0.5) is 0 Å². The number of phenols is 1. The number of aryl methyl sites for hydroxylation is 1. The van der Waals surface area contributed by atoms with Gasteiger partial charge in [0.15, 0.2) is 0 Å². The normalized spacial score (nSPS) is 15.5. The molecule has 0 aromatic heterocycles. The van der Waals surface area contributed by atoms with E-state index in [9.17, 15) is 10.2 Å². The molecular formula is C28H40N2O2. The summed E-state index contributed by atoms with van der Waals surface area (Å²) in [5.41, 5.74) is 3.35. The van der Waals surface area contributed by atoms with Crippen LogP contribution in [0.3, 0.4) is 0 Å². The number of hydrogen-bond donors (Lipinski definition) is 2. The Labute approximate surface area is 194 Å². The molecule has 174 valence electrons. The lowest BCUT2D eigenvalue weighted by Crippen LogP contribution is -2.44. The van der Waals surface area contributed by atoms with Crippen LogP contribution in [-0.2, 0) is 6.54 Å². The number of phenolic OH excluding ortho intramolecular Hbond substituents is 1. The highest BCUT2D eigenvalue weighted by Crippen LogP contribution is 2.27. The Bertz CT molecular complexity index is 874. The van der Waals surface area contributed by atoms with Gasteiger partial charge in [0.2, 0.25) is 0 Å². The van der Waals surface area contributed by atoms with E-state index in [1.54, 1.807) is 0 Å². The van der Waals surface area contributed by atoms with Crippen molar-refractivity contribution < 1.29 is 10.2 Å². The van der Waals surface area contributed by atoms with E-state index < -0.39 is 6.10 Å². The van der Waals surface area contributed by atoms with E-state index >= 15 is 0 Å². The number of aliphatic hydroxyl groups is 1. The van der Waals surface area contributed by atoms with E-state index in [-0.39, 0.29) is 0 Å². The predicted molar refractivity (Wildman–Crippen MR) is 134 cm³/mol. The second kappa shape index (κ2) is 13.3. The smallest absolute Gasteiger partial charge is 0.140 e. The third-order valence-corrected chi connectivity index (χ3v) is 6.13. The van der Waals surface area contributed by atoms with Gasteiger partial charge < -0.3 is 15.1 Å². The minimum atomic E-state index is -0.817. The highest BCUT2D eigenvalue weighted by atomic mass is 16.3. The first kappa shape index (κ1) is 25.9. The standard InChI is InChI=1S/C26H34N2O2.C2H6/c1-4-28(5-2)24-13-15-27(16-14-24)19-23-18-21(17-20(3)26(23)30)11-12-25(29)22-9-7-6-8-10-22;1-2/h6-10,17-18,24-25,29-30H,4-5,13-16,19H2,1-3H3;1-2H3. The molecule has 2 aromatic carbocycles. The molecule has 32 heavy (non-hydrogen) atoms. The molecule has 1 unspecified atom stereocenters. The van der Waals surface area contributed by atoms with Crippen LogP contribution >= 0.6 is 0 Å². The van der Waals surface area contributed by atoms with Crippen LogP contribution in [0.15, 0.2) is 42.5 Å². The summed E-state index contributed by atoms with van der Waals surface area (Å²) in [5.74, 6) is 6.37. The van der Waals surface area contributed by atoms with Gasteiger partial charge in [0.25, 0.3) is 0 Å². The van der Waals surface area contributed by atoms with Crippen LogP contribution in [0.1, 0.15) is 68.9 Å². The summed E-state index contributed by atoms with van der Waals surface area (Å²) >= 11 is 0. The van der Waals surface area contributed by atoms with Crippen LogP contribution in [0.25, 0.3) is 0 Å². The van der Waals surface area contributed by atoms with Gasteiger partial charge >= 0.3 is 0 Å². The minimum absolute atomic E-state index is 0.357. The Morgan fingerprint density at radius 3 is 2.28 bits per heavy atom. The van der Waals surface area contributed by atoms with Crippen LogP contribution < -0.4 is 0 Å². The highest BCUT2D eigenvalue weighted by molar-refractivity contribution is 5.49. The molecule has 1 atom stereocenters. The zero-order valence-electron chi connectivity index (χ0n) is 20.4. The summed E-state index contributed by atoms with van der Waals surface area (Å²) in [6, 6.07) is 14.0. The van der Waals surface area contributed by atoms with Crippen molar-refractivity contribution in [1.29, 1.82) is 0 Å². The lowest BCUT2D eigenvalue weighted by atomic mass is 10.0. The Hall–Kier alpha value is -2.32. The van der Waals surface area contributed by atoms with Crippen molar-refractivity contribution in [2.24, 2.45) is 0 Å². The third-order valence-electron chi connectivity index (χ3n) is 6.13. The van der Waals surface area contributed by atoms with E-state index in [2.05, 4.69) is 35.5 Å². The van der Waals surface area contributed by atoms with Crippen LogP contribution in [-0.4, -0.2) is 52.2 Å². The highest BCUT2D eigenvalue weighted by Gasteiger charge is 2.23. The number of piperidine rings is 1. The first-order valence-corrected chi connectivity index (χ1v) is 12.0. The number of hydrogen-bond acceptors (Lipinski definition) is 4. The zero-order chi connectivity index (χ0) is 23.5. The predicted octanol–water partition coefficient (Wildman–Crippen LogP) is 5.12. The summed E-state index contributed by atoms with van der Waals surface area (Å²) in [6.07, 6.45) is 1.52. The van der Waals surface area contributed by atoms with E-state index in [1.165, 1.54) is 12.8 Å². The number of benzene rings is 2. The van der Waals surface area contributed by atoms with E-state index in [0.717, 1.165) is 55.0 Å². The number of aromatic hydroxyl groups is 1. The van der Waals surface area contributed by atoms with Gasteiger partial charge in [-0.3, -0.25) is 4.90 Å².